The number of carboxylic acids is 1. The molecule has 0 bridgehead atoms. The number of likely N-dealkylation sites (tertiary alicyclic amines) is 1. The molecule has 1 fully saturated rings. The number of carboxylic acid groups (broad SMARTS) is 1. The van der Waals surface area contributed by atoms with Crippen molar-refractivity contribution in [1.29, 1.82) is 0 Å². The van der Waals surface area contributed by atoms with Crippen LogP contribution in [-0.4, -0.2) is 28.6 Å². The first-order chi connectivity index (χ1) is 9.31. The SMILES string of the molecule is Cc1ccc(CN2CCCC(C)(C)C2C(=O)O)c(Cl)c1. The van der Waals surface area contributed by atoms with Crippen molar-refractivity contribution >= 4 is 17.6 Å². The van der Waals surface area contributed by atoms with Crippen LogP contribution in [-0.2, 0) is 11.3 Å². The van der Waals surface area contributed by atoms with Crippen LogP contribution >= 0.6 is 11.6 Å². The molecule has 1 heterocycles. The first kappa shape index (κ1) is 15.3. The fraction of sp³-hybridized carbons (Fsp3) is 0.562. The van der Waals surface area contributed by atoms with Gasteiger partial charge in [0.1, 0.15) is 6.04 Å². The van der Waals surface area contributed by atoms with Crippen LogP contribution < -0.4 is 0 Å². The van der Waals surface area contributed by atoms with Gasteiger partial charge in [-0.3, -0.25) is 9.69 Å². The summed E-state index contributed by atoms with van der Waals surface area (Å²) in [7, 11) is 0. The summed E-state index contributed by atoms with van der Waals surface area (Å²) in [5, 5.41) is 10.3. The monoisotopic (exact) mass is 295 g/mol. The number of piperidine rings is 1. The van der Waals surface area contributed by atoms with Crippen molar-refractivity contribution in [2.24, 2.45) is 5.41 Å². The lowest BCUT2D eigenvalue weighted by Crippen LogP contribution is -2.53. The van der Waals surface area contributed by atoms with E-state index in [4.69, 9.17) is 11.6 Å². The second-order valence-electron chi connectivity index (χ2n) is 6.40. The third-order valence-corrected chi connectivity index (χ3v) is 4.54. The highest BCUT2D eigenvalue weighted by molar-refractivity contribution is 6.31. The van der Waals surface area contributed by atoms with Crippen molar-refractivity contribution < 1.29 is 9.90 Å². The minimum atomic E-state index is -0.738. The van der Waals surface area contributed by atoms with E-state index >= 15 is 0 Å². The van der Waals surface area contributed by atoms with Crippen LogP contribution in [0.3, 0.4) is 0 Å². The van der Waals surface area contributed by atoms with E-state index in [1.54, 1.807) is 0 Å². The van der Waals surface area contributed by atoms with Gasteiger partial charge in [-0.2, -0.15) is 0 Å². The zero-order valence-electron chi connectivity index (χ0n) is 12.3. The molecule has 1 unspecified atom stereocenters. The molecule has 1 aromatic rings. The lowest BCUT2D eigenvalue weighted by molar-refractivity contribution is -0.151. The highest BCUT2D eigenvalue weighted by atomic mass is 35.5. The molecule has 3 nitrogen and oxygen atoms in total. The van der Waals surface area contributed by atoms with Crippen LogP contribution in [0.2, 0.25) is 5.02 Å². The molecule has 0 aliphatic carbocycles. The van der Waals surface area contributed by atoms with E-state index in [0.717, 1.165) is 35.5 Å². The molecule has 1 atom stereocenters. The molecule has 0 saturated carbocycles. The van der Waals surface area contributed by atoms with Gasteiger partial charge in [-0.15, -0.1) is 0 Å². The maximum Gasteiger partial charge on any atom is 0.321 e. The van der Waals surface area contributed by atoms with E-state index in [9.17, 15) is 9.90 Å². The molecule has 0 spiro atoms. The normalized spacial score (nSPS) is 22.7. The Labute approximate surface area is 125 Å². The zero-order valence-corrected chi connectivity index (χ0v) is 13.1. The minimum Gasteiger partial charge on any atom is -0.480 e. The summed E-state index contributed by atoms with van der Waals surface area (Å²) in [5.74, 6) is -0.738. The van der Waals surface area contributed by atoms with Crippen molar-refractivity contribution in [1.82, 2.24) is 4.90 Å². The summed E-state index contributed by atoms with van der Waals surface area (Å²) in [4.78, 5) is 13.7. The Kier molecular flexibility index (Phi) is 4.40. The number of aliphatic carboxylic acids is 1. The molecule has 0 aromatic heterocycles. The summed E-state index contributed by atoms with van der Waals surface area (Å²) in [6.07, 6.45) is 1.97. The van der Waals surface area contributed by atoms with Gasteiger partial charge in [0.05, 0.1) is 0 Å². The van der Waals surface area contributed by atoms with E-state index in [0.29, 0.717) is 6.54 Å². The molecule has 110 valence electrons. The average Bonchev–Trinajstić information content (AvgIpc) is 2.31. The second kappa shape index (κ2) is 5.74. The number of halogens is 1. The Balaban J connectivity index is 2.24. The van der Waals surface area contributed by atoms with Crippen molar-refractivity contribution in [3.8, 4) is 0 Å². The summed E-state index contributed by atoms with van der Waals surface area (Å²) >= 11 is 6.27. The summed E-state index contributed by atoms with van der Waals surface area (Å²) in [6.45, 7) is 7.48. The van der Waals surface area contributed by atoms with Crippen molar-refractivity contribution in [3.63, 3.8) is 0 Å². The molecule has 4 heteroatoms. The first-order valence-corrected chi connectivity index (χ1v) is 7.41. The average molecular weight is 296 g/mol. The van der Waals surface area contributed by atoms with Gasteiger partial charge in [0.2, 0.25) is 0 Å². The number of rotatable bonds is 3. The Morgan fingerprint density at radius 1 is 1.50 bits per heavy atom. The molecule has 0 amide bonds. The Bertz CT molecular complexity index is 513. The lowest BCUT2D eigenvalue weighted by atomic mass is 9.76. The molecular weight excluding hydrogens is 274 g/mol. The maximum atomic E-state index is 11.6. The molecule has 1 aromatic carbocycles. The molecule has 1 aliphatic rings. The summed E-state index contributed by atoms with van der Waals surface area (Å²) in [6, 6.07) is 5.50. The van der Waals surface area contributed by atoms with Gasteiger partial charge < -0.3 is 5.11 Å². The zero-order chi connectivity index (χ0) is 14.9. The maximum absolute atomic E-state index is 11.6. The molecular formula is C16H22ClNO2. The summed E-state index contributed by atoms with van der Waals surface area (Å²) < 4.78 is 0. The molecule has 1 aliphatic heterocycles. The van der Waals surface area contributed by atoms with Gasteiger partial charge in [-0.05, 0) is 48.9 Å². The van der Waals surface area contributed by atoms with Crippen LogP contribution in [0, 0.1) is 12.3 Å². The van der Waals surface area contributed by atoms with E-state index < -0.39 is 12.0 Å². The van der Waals surface area contributed by atoms with Gasteiger partial charge in [0.15, 0.2) is 0 Å². The molecule has 0 radical (unpaired) electrons. The quantitative estimate of drug-likeness (QED) is 0.924. The van der Waals surface area contributed by atoms with Gasteiger partial charge in [0.25, 0.3) is 0 Å². The molecule has 2 rings (SSSR count). The van der Waals surface area contributed by atoms with Crippen LogP contribution in [0.5, 0.6) is 0 Å². The first-order valence-electron chi connectivity index (χ1n) is 7.03. The van der Waals surface area contributed by atoms with Crippen LogP contribution in [0.25, 0.3) is 0 Å². The van der Waals surface area contributed by atoms with E-state index in [1.165, 1.54) is 0 Å². The third kappa shape index (κ3) is 3.15. The van der Waals surface area contributed by atoms with Gasteiger partial charge >= 0.3 is 5.97 Å². The van der Waals surface area contributed by atoms with Crippen LogP contribution in [0.15, 0.2) is 18.2 Å². The predicted octanol–water partition coefficient (Wildman–Crippen LogP) is 3.72. The standard InChI is InChI=1S/C16H22ClNO2/c1-11-5-6-12(13(17)9-11)10-18-8-4-7-16(2,3)14(18)15(19)20/h5-6,9,14H,4,7-8,10H2,1-3H3,(H,19,20). The van der Waals surface area contributed by atoms with E-state index in [2.05, 4.69) is 0 Å². The topological polar surface area (TPSA) is 40.5 Å². The molecule has 1 saturated heterocycles. The minimum absolute atomic E-state index is 0.207. The van der Waals surface area contributed by atoms with Crippen molar-refractivity contribution in [2.75, 3.05) is 6.54 Å². The predicted molar refractivity (Wildman–Crippen MR) is 81.0 cm³/mol. The highest BCUT2D eigenvalue weighted by Gasteiger charge is 2.42. The Hall–Kier alpha value is -1.06. The number of carbonyl (C=O) groups is 1. The summed E-state index contributed by atoms with van der Waals surface area (Å²) in [5.41, 5.74) is 1.91. The smallest absolute Gasteiger partial charge is 0.321 e. The third-order valence-electron chi connectivity index (χ3n) is 4.19. The fourth-order valence-electron chi connectivity index (χ4n) is 3.16. The lowest BCUT2D eigenvalue weighted by Gasteiger charge is -2.44. The number of nitrogens with zero attached hydrogens (tertiary/aromatic N) is 1. The van der Waals surface area contributed by atoms with Crippen molar-refractivity contribution in [2.45, 2.75) is 46.2 Å². The molecule has 1 N–H and O–H groups in total. The van der Waals surface area contributed by atoms with Gasteiger partial charge in [-0.1, -0.05) is 37.6 Å². The van der Waals surface area contributed by atoms with Gasteiger partial charge in [-0.25, -0.2) is 0 Å². The highest BCUT2D eigenvalue weighted by Crippen LogP contribution is 2.36. The second-order valence-corrected chi connectivity index (χ2v) is 6.81. The number of hydrogen-bond acceptors (Lipinski definition) is 2. The largest absolute Gasteiger partial charge is 0.480 e. The van der Waals surface area contributed by atoms with E-state index in [1.807, 2.05) is 43.9 Å². The Morgan fingerprint density at radius 3 is 2.80 bits per heavy atom. The molecule has 20 heavy (non-hydrogen) atoms. The fourth-order valence-corrected chi connectivity index (χ4v) is 3.45. The van der Waals surface area contributed by atoms with Crippen molar-refractivity contribution in [3.05, 3.63) is 34.3 Å². The Morgan fingerprint density at radius 2 is 2.20 bits per heavy atom. The van der Waals surface area contributed by atoms with E-state index in [-0.39, 0.29) is 5.41 Å². The van der Waals surface area contributed by atoms with Crippen LogP contribution in [0.1, 0.15) is 37.8 Å². The number of benzene rings is 1. The van der Waals surface area contributed by atoms with Gasteiger partial charge in [0, 0.05) is 11.6 Å². The number of hydrogen-bond donors (Lipinski definition) is 1. The van der Waals surface area contributed by atoms with Crippen LogP contribution in [0.4, 0.5) is 0 Å². The number of aryl methyl sites for hydroxylation is 1.